The van der Waals surface area contributed by atoms with E-state index in [1.54, 1.807) is 36.2 Å². The van der Waals surface area contributed by atoms with E-state index >= 15 is 0 Å². The lowest BCUT2D eigenvalue weighted by Crippen LogP contribution is -2.56. The number of rotatable bonds is 6. The Balaban J connectivity index is 1.20. The summed E-state index contributed by atoms with van der Waals surface area (Å²) in [6.45, 7) is 2.58. The normalized spacial score (nSPS) is 23.5. The van der Waals surface area contributed by atoms with Gasteiger partial charge < -0.3 is 19.9 Å². The van der Waals surface area contributed by atoms with Crippen molar-refractivity contribution in [1.29, 1.82) is 0 Å². The van der Waals surface area contributed by atoms with Crippen LogP contribution in [0.5, 0.6) is 5.75 Å². The van der Waals surface area contributed by atoms with E-state index in [9.17, 15) is 14.0 Å². The van der Waals surface area contributed by atoms with Crippen molar-refractivity contribution >= 4 is 6.03 Å². The van der Waals surface area contributed by atoms with Crippen LogP contribution in [0.15, 0.2) is 65.7 Å². The Morgan fingerprint density at radius 1 is 1.09 bits per heavy atom. The van der Waals surface area contributed by atoms with Crippen molar-refractivity contribution in [3.63, 3.8) is 0 Å². The van der Waals surface area contributed by atoms with Crippen LogP contribution in [0, 0.1) is 17.2 Å². The molecule has 9 heteroatoms. The summed E-state index contributed by atoms with van der Waals surface area (Å²) in [7, 11) is 3.57. The number of carbonyl (C=O) groups is 1. The van der Waals surface area contributed by atoms with E-state index in [2.05, 4.69) is 10.3 Å². The number of nitrogens with one attached hydrogen (secondary N) is 1. The zero-order valence-corrected chi connectivity index (χ0v) is 25.2. The molecule has 0 bridgehead atoms. The number of nitrogens with zero attached hydrogens (tertiary/aromatic N) is 4. The van der Waals surface area contributed by atoms with Crippen LogP contribution in [0.1, 0.15) is 56.6 Å². The van der Waals surface area contributed by atoms with Crippen LogP contribution in [-0.4, -0.2) is 65.2 Å². The molecule has 228 valence electrons. The Hall–Kier alpha value is -3.72. The third-order valence-corrected chi connectivity index (χ3v) is 10.2. The zero-order chi connectivity index (χ0) is 30.0. The highest BCUT2D eigenvalue weighted by atomic mass is 19.1. The van der Waals surface area contributed by atoms with E-state index < -0.39 is 0 Å². The largest absolute Gasteiger partial charge is 0.496 e. The highest BCUT2D eigenvalue weighted by molar-refractivity contribution is 5.75. The summed E-state index contributed by atoms with van der Waals surface area (Å²) in [5, 5.41) is 3.36. The van der Waals surface area contributed by atoms with Gasteiger partial charge in [-0.3, -0.25) is 9.36 Å². The van der Waals surface area contributed by atoms with Gasteiger partial charge in [-0.05, 0) is 80.3 Å². The van der Waals surface area contributed by atoms with Crippen LogP contribution in [0.4, 0.5) is 9.18 Å². The quantitative estimate of drug-likeness (QED) is 0.413. The third-order valence-electron chi connectivity index (χ3n) is 10.2. The Morgan fingerprint density at radius 2 is 1.91 bits per heavy atom. The molecular formula is C34H42FN5O3. The topological polar surface area (TPSA) is 79.7 Å². The van der Waals surface area contributed by atoms with Crippen molar-refractivity contribution in [2.45, 2.75) is 63.6 Å². The maximum Gasteiger partial charge on any atom is 0.320 e. The fourth-order valence-electron chi connectivity index (χ4n) is 7.77. The van der Waals surface area contributed by atoms with Crippen LogP contribution in [0.3, 0.4) is 0 Å². The molecule has 2 aliphatic heterocycles. The fraction of sp³-hybridized carbons (Fsp3) is 0.500. The van der Waals surface area contributed by atoms with Gasteiger partial charge in [0.25, 0.3) is 5.56 Å². The highest BCUT2D eigenvalue weighted by Crippen LogP contribution is 2.49. The van der Waals surface area contributed by atoms with Crippen molar-refractivity contribution in [3.05, 3.63) is 82.7 Å². The molecule has 2 amide bonds. The summed E-state index contributed by atoms with van der Waals surface area (Å²) in [5.41, 5.74) is 2.15. The summed E-state index contributed by atoms with van der Waals surface area (Å²) in [6.07, 6.45) is 8.51. The van der Waals surface area contributed by atoms with Gasteiger partial charge in [0.05, 0.1) is 25.2 Å². The van der Waals surface area contributed by atoms with Crippen molar-refractivity contribution in [1.82, 2.24) is 24.7 Å². The first-order valence-corrected chi connectivity index (χ1v) is 15.6. The number of halogens is 1. The molecule has 1 aliphatic carbocycles. The number of hydrogen-bond donors (Lipinski definition) is 1. The molecule has 1 spiro atoms. The van der Waals surface area contributed by atoms with Crippen LogP contribution in [0.2, 0.25) is 0 Å². The second-order valence-electron chi connectivity index (χ2n) is 12.5. The highest BCUT2D eigenvalue weighted by Gasteiger charge is 2.47. The van der Waals surface area contributed by atoms with Crippen molar-refractivity contribution in [2.24, 2.45) is 11.3 Å². The minimum Gasteiger partial charge on any atom is -0.496 e. The third kappa shape index (κ3) is 5.92. The number of amides is 2. The average molecular weight is 588 g/mol. The molecule has 0 unspecified atom stereocenters. The van der Waals surface area contributed by atoms with E-state index in [0.29, 0.717) is 37.6 Å². The molecule has 3 heterocycles. The molecule has 43 heavy (non-hydrogen) atoms. The van der Waals surface area contributed by atoms with Gasteiger partial charge in [0.1, 0.15) is 11.6 Å². The van der Waals surface area contributed by atoms with Crippen LogP contribution < -0.4 is 15.6 Å². The lowest BCUT2D eigenvalue weighted by molar-refractivity contribution is 0.0208. The first kappa shape index (κ1) is 29.4. The van der Waals surface area contributed by atoms with Gasteiger partial charge in [0, 0.05) is 43.9 Å². The standard InChI is InChI=1S/C34H42FN5O3/c1-36-27-13-17-40(30(19-27)24-8-7-9-26(35)18-24)33(42)38-16-12-25(34(22-38)14-5-6-15-34)21-39-23-37-29(20-32(39)41)28-10-3-4-11-31(28)43-2/h3-4,7-11,18,20,23,25,27,30,36H,5-6,12-17,19,21-22H2,1-2H3/t25-,27+,30-/m0/s1. The minimum absolute atomic E-state index is 0.0215. The number of hydrogen-bond acceptors (Lipinski definition) is 5. The number of urea groups is 1. The Labute approximate surface area is 252 Å². The maximum atomic E-state index is 14.2. The number of para-hydroxylation sites is 1. The van der Waals surface area contributed by atoms with Crippen molar-refractivity contribution < 1.29 is 13.9 Å². The molecule has 3 aromatic rings. The van der Waals surface area contributed by atoms with Gasteiger partial charge in [0.15, 0.2) is 0 Å². The van der Waals surface area contributed by atoms with E-state index in [4.69, 9.17) is 4.74 Å². The first-order valence-electron chi connectivity index (χ1n) is 15.6. The number of benzene rings is 2. The van der Waals surface area contributed by atoms with Gasteiger partial charge >= 0.3 is 6.03 Å². The lowest BCUT2D eigenvalue weighted by atomic mass is 9.69. The Kier molecular flexibility index (Phi) is 8.52. The molecule has 8 nitrogen and oxygen atoms in total. The van der Waals surface area contributed by atoms with E-state index in [0.717, 1.165) is 56.1 Å². The second kappa shape index (κ2) is 12.5. The summed E-state index contributed by atoms with van der Waals surface area (Å²) in [4.78, 5) is 36.1. The summed E-state index contributed by atoms with van der Waals surface area (Å²) >= 11 is 0. The van der Waals surface area contributed by atoms with Crippen LogP contribution >= 0.6 is 0 Å². The first-order chi connectivity index (χ1) is 20.9. The van der Waals surface area contributed by atoms with Crippen LogP contribution in [0.25, 0.3) is 11.3 Å². The van der Waals surface area contributed by atoms with E-state index in [1.807, 2.05) is 47.2 Å². The van der Waals surface area contributed by atoms with Crippen LogP contribution in [-0.2, 0) is 6.54 Å². The SMILES string of the molecule is CN[C@@H]1CCN(C(=O)N2CC[C@@H](Cn3cnc(-c4ccccc4OC)cc3=O)C3(CCCC3)C2)[C@H](c2cccc(F)c2)C1. The number of likely N-dealkylation sites (tertiary alicyclic amines) is 2. The predicted molar refractivity (Wildman–Crippen MR) is 164 cm³/mol. The van der Waals surface area contributed by atoms with Gasteiger partial charge in [0.2, 0.25) is 0 Å². The summed E-state index contributed by atoms with van der Waals surface area (Å²) < 4.78 is 21.4. The monoisotopic (exact) mass is 587 g/mol. The summed E-state index contributed by atoms with van der Waals surface area (Å²) in [6, 6.07) is 16.0. The molecule has 1 N–H and O–H groups in total. The molecule has 3 atom stereocenters. The average Bonchev–Trinajstić information content (AvgIpc) is 3.50. The molecule has 2 aromatic carbocycles. The smallest absolute Gasteiger partial charge is 0.320 e. The van der Waals surface area contributed by atoms with E-state index in [-0.39, 0.29) is 40.8 Å². The van der Waals surface area contributed by atoms with Gasteiger partial charge in [-0.1, -0.05) is 37.1 Å². The number of ether oxygens (including phenoxy) is 1. The van der Waals surface area contributed by atoms with Gasteiger partial charge in [-0.15, -0.1) is 0 Å². The predicted octanol–water partition coefficient (Wildman–Crippen LogP) is 5.49. The molecule has 2 saturated heterocycles. The minimum atomic E-state index is -0.275. The molecule has 1 saturated carbocycles. The van der Waals surface area contributed by atoms with Crippen molar-refractivity contribution in [3.8, 4) is 17.0 Å². The van der Waals surface area contributed by atoms with E-state index in [1.165, 1.54) is 6.07 Å². The summed E-state index contributed by atoms with van der Waals surface area (Å²) in [5.74, 6) is 0.691. The molecule has 3 aliphatic rings. The van der Waals surface area contributed by atoms with Gasteiger partial charge in [-0.2, -0.15) is 0 Å². The Bertz CT molecular complexity index is 1500. The zero-order valence-electron chi connectivity index (χ0n) is 25.2. The molecule has 0 radical (unpaired) electrons. The molecule has 6 rings (SSSR count). The molecular weight excluding hydrogens is 545 g/mol. The molecule has 3 fully saturated rings. The molecule has 1 aromatic heterocycles. The maximum absolute atomic E-state index is 14.2. The van der Waals surface area contributed by atoms with Crippen molar-refractivity contribution in [2.75, 3.05) is 33.8 Å². The second-order valence-corrected chi connectivity index (χ2v) is 12.5. The number of methoxy groups -OCH3 is 1. The number of carbonyl (C=O) groups excluding carboxylic acids is 1. The van der Waals surface area contributed by atoms with Gasteiger partial charge in [-0.25, -0.2) is 14.2 Å². The number of aromatic nitrogens is 2. The number of piperidine rings is 2. The lowest BCUT2D eigenvalue weighted by Gasteiger charge is -2.49. The fourth-order valence-corrected chi connectivity index (χ4v) is 7.77. The Morgan fingerprint density at radius 3 is 2.65 bits per heavy atom.